The number of carbonyl (C=O) groups excluding carboxylic acids is 1. The molecule has 0 spiro atoms. The predicted octanol–water partition coefficient (Wildman–Crippen LogP) is 5.62. The minimum atomic E-state index is -0.521. The van der Waals surface area contributed by atoms with Gasteiger partial charge in [-0.15, -0.1) is 0 Å². The number of hydrogen-bond acceptors (Lipinski definition) is 3. The van der Waals surface area contributed by atoms with Gasteiger partial charge >= 0.3 is 6.03 Å². The highest BCUT2D eigenvalue weighted by molar-refractivity contribution is 6.30. The van der Waals surface area contributed by atoms with E-state index in [1.54, 1.807) is 66.7 Å². The van der Waals surface area contributed by atoms with Crippen LogP contribution in [0, 0.1) is 10.1 Å². The minimum Gasteiger partial charge on any atom is -0.307 e. The summed E-state index contributed by atoms with van der Waals surface area (Å²) < 4.78 is 0. The molecule has 3 rings (SSSR count). The molecule has 1 N–H and O–H groups in total. The summed E-state index contributed by atoms with van der Waals surface area (Å²) in [6.07, 6.45) is 0. The number of rotatable bonds is 4. The average Bonchev–Trinajstić information content (AvgIpc) is 2.65. The lowest BCUT2D eigenvalue weighted by Crippen LogP contribution is -2.31. The monoisotopic (exact) mass is 367 g/mol. The van der Waals surface area contributed by atoms with E-state index < -0.39 is 11.0 Å². The Morgan fingerprint density at radius 3 is 2.19 bits per heavy atom. The second-order valence-corrected chi connectivity index (χ2v) is 5.79. The van der Waals surface area contributed by atoms with Crippen molar-refractivity contribution in [2.24, 2.45) is 0 Å². The van der Waals surface area contributed by atoms with Crippen LogP contribution in [-0.4, -0.2) is 11.0 Å². The quantitative estimate of drug-likeness (QED) is 0.480. The second-order valence-electron chi connectivity index (χ2n) is 5.35. The van der Waals surface area contributed by atoms with E-state index in [1.165, 1.54) is 17.0 Å². The summed E-state index contributed by atoms with van der Waals surface area (Å²) >= 11 is 5.86. The number of nitro groups is 1. The van der Waals surface area contributed by atoms with Crippen LogP contribution in [-0.2, 0) is 0 Å². The molecule has 0 atom stereocenters. The molecule has 0 aliphatic carbocycles. The minimum absolute atomic E-state index is 0.164. The van der Waals surface area contributed by atoms with Gasteiger partial charge in [-0.3, -0.25) is 15.0 Å². The number of benzene rings is 3. The third-order valence-corrected chi connectivity index (χ3v) is 3.88. The van der Waals surface area contributed by atoms with Gasteiger partial charge in [-0.25, -0.2) is 4.79 Å². The molecule has 0 unspecified atom stereocenters. The van der Waals surface area contributed by atoms with Crippen molar-refractivity contribution in [2.45, 2.75) is 0 Å². The van der Waals surface area contributed by atoms with Gasteiger partial charge in [0.15, 0.2) is 0 Å². The molecule has 0 radical (unpaired) electrons. The Morgan fingerprint density at radius 2 is 1.54 bits per heavy atom. The molecule has 0 fully saturated rings. The van der Waals surface area contributed by atoms with Crippen molar-refractivity contribution in [2.75, 3.05) is 10.2 Å². The Hall–Kier alpha value is -3.38. The molecule has 3 aromatic carbocycles. The zero-order valence-corrected chi connectivity index (χ0v) is 14.3. The molecule has 2 amide bonds. The Labute approximate surface area is 154 Å². The molecule has 0 heterocycles. The standard InChI is InChI=1S/C19H14ClN3O3/c20-14-10-12-15(13-11-14)21-19(24)22(16-6-2-1-3-7-16)17-8-4-5-9-18(17)23(25)26/h1-13H,(H,21,24). The van der Waals surface area contributed by atoms with Crippen molar-refractivity contribution < 1.29 is 9.72 Å². The van der Waals surface area contributed by atoms with Gasteiger partial charge in [-0.05, 0) is 42.5 Å². The van der Waals surface area contributed by atoms with Crippen LogP contribution in [0.1, 0.15) is 0 Å². The molecule has 3 aromatic rings. The largest absolute Gasteiger partial charge is 0.331 e. The van der Waals surface area contributed by atoms with Crippen molar-refractivity contribution in [3.05, 3.63) is 94.0 Å². The topological polar surface area (TPSA) is 75.5 Å². The number of nitro benzene ring substituents is 1. The molecule has 0 saturated carbocycles. The van der Waals surface area contributed by atoms with Gasteiger partial charge in [0.1, 0.15) is 5.69 Å². The summed E-state index contributed by atoms with van der Waals surface area (Å²) in [6.45, 7) is 0. The number of anilines is 3. The first-order valence-corrected chi connectivity index (χ1v) is 8.09. The maximum atomic E-state index is 12.9. The van der Waals surface area contributed by atoms with E-state index in [4.69, 9.17) is 11.6 Å². The highest BCUT2D eigenvalue weighted by Crippen LogP contribution is 2.34. The Bertz CT molecular complexity index is 930. The van der Waals surface area contributed by atoms with Crippen LogP contribution in [0.25, 0.3) is 0 Å². The molecule has 0 aliphatic rings. The van der Waals surface area contributed by atoms with E-state index in [1.807, 2.05) is 0 Å². The first-order chi connectivity index (χ1) is 12.6. The maximum absolute atomic E-state index is 12.9. The van der Waals surface area contributed by atoms with Gasteiger partial charge < -0.3 is 5.32 Å². The second kappa shape index (κ2) is 7.67. The van der Waals surface area contributed by atoms with Gasteiger partial charge in [0, 0.05) is 16.8 Å². The lowest BCUT2D eigenvalue weighted by atomic mass is 10.2. The highest BCUT2D eigenvalue weighted by Gasteiger charge is 2.25. The number of para-hydroxylation sites is 3. The van der Waals surface area contributed by atoms with Crippen LogP contribution in [0.2, 0.25) is 5.02 Å². The first kappa shape index (κ1) is 17.4. The molecule has 6 nitrogen and oxygen atoms in total. The van der Waals surface area contributed by atoms with E-state index in [2.05, 4.69) is 5.32 Å². The SMILES string of the molecule is O=C(Nc1ccc(Cl)cc1)N(c1ccccc1)c1ccccc1[N+](=O)[O-]. The van der Waals surface area contributed by atoms with Crippen LogP contribution >= 0.6 is 11.6 Å². The molecular weight excluding hydrogens is 354 g/mol. The normalized spacial score (nSPS) is 10.2. The first-order valence-electron chi connectivity index (χ1n) is 7.71. The van der Waals surface area contributed by atoms with Crippen LogP contribution in [0.4, 0.5) is 27.5 Å². The Morgan fingerprint density at radius 1 is 0.923 bits per heavy atom. The summed E-state index contributed by atoms with van der Waals surface area (Å²) in [5, 5.41) is 14.7. The number of amides is 2. The van der Waals surface area contributed by atoms with E-state index in [9.17, 15) is 14.9 Å². The highest BCUT2D eigenvalue weighted by atomic mass is 35.5. The molecule has 0 saturated heterocycles. The van der Waals surface area contributed by atoms with Gasteiger partial charge in [0.2, 0.25) is 0 Å². The number of halogens is 1. The van der Waals surface area contributed by atoms with Crippen molar-refractivity contribution in [1.82, 2.24) is 0 Å². The van der Waals surface area contributed by atoms with Gasteiger partial charge in [0.05, 0.1) is 10.6 Å². The lowest BCUT2D eigenvalue weighted by molar-refractivity contribution is -0.384. The maximum Gasteiger partial charge on any atom is 0.331 e. The van der Waals surface area contributed by atoms with Crippen LogP contribution < -0.4 is 10.2 Å². The summed E-state index contributed by atoms with van der Waals surface area (Å²) in [6, 6.07) is 20.9. The Balaban J connectivity index is 2.03. The fourth-order valence-electron chi connectivity index (χ4n) is 2.46. The van der Waals surface area contributed by atoms with Crippen molar-refractivity contribution >= 4 is 40.4 Å². The molecule has 0 bridgehead atoms. The molecule has 26 heavy (non-hydrogen) atoms. The van der Waals surface area contributed by atoms with Gasteiger partial charge in [-0.1, -0.05) is 41.9 Å². The molecule has 0 aliphatic heterocycles. The summed E-state index contributed by atoms with van der Waals surface area (Å²) in [5.41, 5.74) is 1.05. The van der Waals surface area contributed by atoms with E-state index in [-0.39, 0.29) is 11.4 Å². The van der Waals surface area contributed by atoms with Crippen LogP contribution in [0.15, 0.2) is 78.9 Å². The number of nitrogens with zero attached hydrogens (tertiary/aromatic N) is 2. The molecule has 130 valence electrons. The number of urea groups is 1. The summed E-state index contributed by atoms with van der Waals surface area (Å²) in [4.78, 5) is 25.1. The van der Waals surface area contributed by atoms with Gasteiger partial charge in [-0.2, -0.15) is 0 Å². The molecular formula is C19H14ClN3O3. The zero-order chi connectivity index (χ0) is 18.5. The average molecular weight is 368 g/mol. The zero-order valence-electron chi connectivity index (χ0n) is 13.5. The number of nitrogens with one attached hydrogen (secondary N) is 1. The molecule has 7 heteroatoms. The number of carbonyl (C=O) groups is 1. The predicted molar refractivity (Wildman–Crippen MR) is 102 cm³/mol. The number of hydrogen-bond donors (Lipinski definition) is 1. The van der Waals surface area contributed by atoms with Crippen molar-refractivity contribution in [3.63, 3.8) is 0 Å². The fraction of sp³-hybridized carbons (Fsp3) is 0. The van der Waals surface area contributed by atoms with Crippen molar-refractivity contribution in [3.8, 4) is 0 Å². The van der Waals surface area contributed by atoms with E-state index in [0.29, 0.717) is 16.4 Å². The fourth-order valence-corrected chi connectivity index (χ4v) is 2.59. The Kier molecular flexibility index (Phi) is 5.15. The summed E-state index contributed by atoms with van der Waals surface area (Å²) in [5.74, 6) is 0. The smallest absolute Gasteiger partial charge is 0.307 e. The van der Waals surface area contributed by atoms with E-state index in [0.717, 1.165) is 0 Å². The third kappa shape index (κ3) is 3.81. The third-order valence-electron chi connectivity index (χ3n) is 3.63. The van der Waals surface area contributed by atoms with Gasteiger partial charge in [0.25, 0.3) is 5.69 Å². The summed E-state index contributed by atoms with van der Waals surface area (Å²) in [7, 11) is 0. The van der Waals surface area contributed by atoms with Crippen LogP contribution in [0.3, 0.4) is 0 Å². The van der Waals surface area contributed by atoms with Crippen molar-refractivity contribution in [1.29, 1.82) is 0 Å². The van der Waals surface area contributed by atoms with Crippen LogP contribution in [0.5, 0.6) is 0 Å². The lowest BCUT2D eigenvalue weighted by Gasteiger charge is -2.23. The molecule has 0 aromatic heterocycles. The van der Waals surface area contributed by atoms with E-state index >= 15 is 0 Å².